The van der Waals surface area contributed by atoms with Crippen LogP contribution >= 0.6 is 0 Å². The standard InChI is InChI=1S/C21H35N3O4/c1-14-16(17(22-28-14)20(2,3)4)18(25)23(8)13-15-9-11-24(12-10-15)19(26)27-21(5,6)7/h15H,9-13H2,1-8H3. The van der Waals surface area contributed by atoms with Crippen molar-refractivity contribution in [2.45, 2.75) is 72.3 Å². The molecule has 0 aromatic carbocycles. The quantitative estimate of drug-likeness (QED) is 0.776. The molecule has 0 radical (unpaired) electrons. The number of ether oxygens (including phenoxy) is 1. The Labute approximate surface area is 168 Å². The molecule has 2 rings (SSSR count). The molecular formula is C21H35N3O4. The van der Waals surface area contributed by atoms with Crippen molar-refractivity contribution in [2.24, 2.45) is 5.92 Å². The average molecular weight is 394 g/mol. The largest absolute Gasteiger partial charge is 0.444 e. The summed E-state index contributed by atoms with van der Waals surface area (Å²) in [5.74, 6) is 0.852. The van der Waals surface area contributed by atoms with E-state index in [1.54, 1.807) is 16.7 Å². The lowest BCUT2D eigenvalue weighted by atomic mass is 9.88. The number of likely N-dealkylation sites (tertiary alicyclic amines) is 1. The number of carbonyl (C=O) groups excluding carboxylic acids is 2. The predicted octanol–water partition coefficient (Wildman–Crippen LogP) is 4.00. The van der Waals surface area contributed by atoms with Crippen LogP contribution < -0.4 is 0 Å². The molecule has 7 heteroatoms. The lowest BCUT2D eigenvalue weighted by molar-refractivity contribution is 0.0171. The molecule has 2 heterocycles. The number of piperidine rings is 1. The van der Waals surface area contributed by atoms with Crippen molar-refractivity contribution in [3.8, 4) is 0 Å². The van der Waals surface area contributed by atoms with E-state index >= 15 is 0 Å². The summed E-state index contributed by atoms with van der Waals surface area (Å²) in [4.78, 5) is 28.7. The minimum absolute atomic E-state index is 0.0572. The predicted molar refractivity (Wildman–Crippen MR) is 107 cm³/mol. The topological polar surface area (TPSA) is 75.9 Å². The Kier molecular flexibility index (Phi) is 6.46. The van der Waals surface area contributed by atoms with Crippen LogP contribution in [0.25, 0.3) is 0 Å². The van der Waals surface area contributed by atoms with Crippen LogP contribution in [0.2, 0.25) is 0 Å². The molecule has 2 amide bonds. The number of rotatable bonds is 3. The van der Waals surface area contributed by atoms with Gasteiger partial charge < -0.3 is 19.1 Å². The lowest BCUT2D eigenvalue weighted by Gasteiger charge is -2.35. The number of aromatic nitrogens is 1. The van der Waals surface area contributed by atoms with E-state index in [4.69, 9.17) is 9.26 Å². The first-order chi connectivity index (χ1) is 12.8. The Bertz CT molecular complexity index is 704. The fourth-order valence-electron chi connectivity index (χ4n) is 3.42. The summed E-state index contributed by atoms with van der Waals surface area (Å²) in [7, 11) is 1.82. The molecule has 1 aliphatic heterocycles. The van der Waals surface area contributed by atoms with E-state index in [0.717, 1.165) is 12.8 Å². The SMILES string of the molecule is Cc1onc(C(C)(C)C)c1C(=O)N(C)CC1CCN(C(=O)OC(C)(C)C)CC1. The Hall–Kier alpha value is -2.05. The first-order valence-electron chi connectivity index (χ1n) is 9.99. The van der Waals surface area contributed by atoms with Gasteiger partial charge in [0.1, 0.15) is 22.6 Å². The normalized spacial score (nSPS) is 16.2. The second kappa shape index (κ2) is 8.13. The van der Waals surface area contributed by atoms with Crippen molar-refractivity contribution in [3.05, 3.63) is 17.0 Å². The summed E-state index contributed by atoms with van der Waals surface area (Å²) in [6, 6.07) is 0. The van der Waals surface area contributed by atoms with Gasteiger partial charge in [-0.05, 0) is 46.5 Å². The molecule has 1 aliphatic rings. The van der Waals surface area contributed by atoms with Crippen molar-refractivity contribution >= 4 is 12.0 Å². The van der Waals surface area contributed by atoms with E-state index in [1.165, 1.54) is 0 Å². The summed E-state index contributed by atoms with van der Waals surface area (Å²) in [5, 5.41) is 4.12. The molecule has 0 bridgehead atoms. The summed E-state index contributed by atoms with van der Waals surface area (Å²) < 4.78 is 10.8. The summed E-state index contributed by atoms with van der Waals surface area (Å²) >= 11 is 0. The minimum Gasteiger partial charge on any atom is -0.444 e. The van der Waals surface area contributed by atoms with E-state index in [2.05, 4.69) is 5.16 Å². The van der Waals surface area contributed by atoms with Gasteiger partial charge in [-0.1, -0.05) is 25.9 Å². The molecule has 0 unspecified atom stereocenters. The first-order valence-corrected chi connectivity index (χ1v) is 9.99. The molecule has 0 atom stereocenters. The van der Waals surface area contributed by atoms with E-state index in [1.807, 2.05) is 48.6 Å². The lowest BCUT2D eigenvalue weighted by Crippen LogP contribution is -2.44. The molecule has 1 saturated heterocycles. The van der Waals surface area contributed by atoms with Crippen LogP contribution in [0.5, 0.6) is 0 Å². The summed E-state index contributed by atoms with van der Waals surface area (Å²) in [5.41, 5.74) is 0.521. The third-order valence-electron chi connectivity index (χ3n) is 4.93. The number of aryl methyl sites for hydroxylation is 1. The second-order valence-corrected chi connectivity index (χ2v) is 9.81. The third kappa shape index (κ3) is 5.49. The molecule has 28 heavy (non-hydrogen) atoms. The van der Waals surface area contributed by atoms with Crippen LogP contribution in [-0.4, -0.2) is 59.2 Å². The molecule has 0 N–H and O–H groups in total. The molecule has 158 valence electrons. The fourth-order valence-corrected chi connectivity index (χ4v) is 3.42. The van der Waals surface area contributed by atoms with Crippen molar-refractivity contribution in [1.82, 2.24) is 15.0 Å². The van der Waals surface area contributed by atoms with Crippen LogP contribution in [0, 0.1) is 12.8 Å². The molecule has 0 saturated carbocycles. The molecule has 1 fully saturated rings. The van der Waals surface area contributed by atoms with Gasteiger partial charge in [-0.25, -0.2) is 4.79 Å². The van der Waals surface area contributed by atoms with Gasteiger partial charge in [0.15, 0.2) is 0 Å². The van der Waals surface area contributed by atoms with Crippen LogP contribution in [0.15, 0.2) is 4.52 Å². The number of nitrogens with zero attached hydrogens (tertiary/aromatic N) is 3. The monoisotopic (exact) mass is 393 g/mol. The van der Waals surface area contributed by atoms with Crippen molar-refractivity contribution in [2.75, 3.05) is 26.7 Å². The van der Waals surface area contributed by atoms with E-state index < -0.39 is 5.60 Å². The maximum Gasteiger partial charge on any atom is 0.410 e. The highest BCUT2D eigenvalue weighted by Crippen LogP contribution is 2.28. The molecule has 7 nitrogen and oxygen atoms in total. The Morgan fingerprint density at radius 2 is 1.75 bits per heavy atom. The van der Waals surface area contributed by atoms with Crippen LogP contribution in [0.4, 0.5) is 4.79 Å². The smallest absolute Gasteiger partial charge is 0.410 e. The highest BCUT2D eigenvalue weighted by atomic mass is 16.6. The Morgan fingerprint density at radius 1 is 1.18 bits per heavy atom. The zero-order valence-corrected chi connectivity index (χ0v) is 18.6. The maximum absolute atomic E-state index is 13.0. The van der Waals surface area contributed by atoms with Gasteiger partial charge in [-0.15, -0.1) is 0 Å². The van der Waals surface area contributed by atoms with Gasteiger partial charge in [-0.2, -0.15) is 0 Å². The van der Waals surface area contributed by atoms with Crippen LogP contribution in [-0.2, 0) is 10.2 Å². The van der Waals surface area contributed by atoms with Gasteiger partial charge in [0.25, 0.3) is 5.91 Å². The third-order valence-corrected chi connectivity index (χ3v) is 4.93. The van der Waals surface area contributed by atoms with Crippen molar-refractivity contribution < 1.29 is 18.8 Å². The van der Waals surface area contributed by atoms with Crippen molar-refractivity contribution in [3.63, 3.8) is 0 Å². The number of hydrogen-bond donors (Lipinski definition) is 0. The van der Waals surface area contributed by atoms with Gasteiger partial charge in [0.2, 0.25) is 0 Å². The van der Waals surface area contributed by atoms with Gasteiger partial charge in [0.05, 0.1) is 0 Å². The van der Waals surface area contributed by atoms with Crippen molar-refractivity contribution in [1.29, 1.82) is 0 Å². The Balaban J connectivity index is 1.95. The molecule has 0 spiro atoms. The Morgan fingerprint density at radius 3 is 2.25 bits per heavy atom. The van der Waals surface area contributed by atoms with Gasteiger partial charge in [-0.3, -0.25) is 4.79 Å². The fraction of sp³-hybridized carbons (Fsp3) is 0.762. The number of carbonyl (C=O) groups is 2. The average Bonchev–Trinajstić information content (AvgIpc) is 2.95. The first kappa shape index (κ1) is 22.2. The highest BCUT2D eigenvalue weighted by Gasteiger charge is 2.32. The zero-order valence-electron chi connectivity index (χ0n) is 18.6. The second-order valence-electron chi connectivity index (χ2n) is 9.81. The van der Waals surface area contributed by atoms with E-state index in [-0.39, 0.29) is 17.4 Å². The number of hydrogen-bond acceptors (Lipinski definition) is 5. The molecule has 1 aromatic heterocycles. The maximum atomic E-state index is 13.0. The molecule has 0 aliphatic carbocycles. The molecule has 1 aromatic rings. The van der Waals surface area contributed by atoms with Gasteiger partial charge in [0, 0.05) is 32.1 Å². The zero-order chi connectivity index (χ0) is 21.3. The van der Waals surface area contributed by atoms with Crippen LogP contribution in [0.1, 0.15) is 76.2 Å². The number of amides is 2. The molecular weight excluding hydrogens is 358 g/mol. The highest BCUT2D eigenvalue weighted by molar-refractivity contribution is 5.96. The van der Waals surface area contributed by atoms with Gasteiger partial charge >= 0.3 is 6.09 Å². The summed E-state index contributed by atoms with van der Waals surface area (Å²) in [6.45, 7) is 15.4. The van der Waals surface area contributed by atoms with E-state index in [0.29, 0.717) is 42.6 Å². The minimum atomic E-state index is -0.484. The summed E-state index contributed by atoms with van der Waals surface area (Å²) in [6.07, 6.45) is 1.45. The van der Waals surface area contributed by atoms with Crippen LogP contribution in [0.3, 0.4) is 0 Å². The van der Waals surface area contributed by atoms with E-state index in [9.17, 15) is 9.59 Å².